The Balaban J connectivity index is 2.45. The molecule has 1 amide bonds. The van der Waals surface area contributed by atoms with E-state index in [1.54, 1.807) is 0 Å². The Morgan fingerprint density at radius 1 is 1.56 bits per heavy atom. The molecule has 1 heterocycles. The van der Waals surface area contributed by atoms with Gasteiger partial charge in [0.2, 0.25) is 5.91 Å². The van der Waals surface area contributed by atoms with Crippen molar-refractivity contribution in [3.05, 3.63) is 0 Å². The van der Waals surface area contributed by atoms with E-state index in [9.17, 15) is 9.59 Å². The maximum Gasteiger partial charge on any atom is 0.326 e. The Morgan fingerprint density at radius 2 is 2.25 bits per heavy atom. The predicted octanol–water partition coefficient (Wildman–Crippen LogP) is 0.308. The maximum absolute atomic E-state index is 11.8. The van der Waals surface area contributed by atoms with E-state index in [1.807, 2.05) is 14.0 Å². The molecule has 5 nitrogen and oxygen atoms in total. The molecule has 0 aromatic heterocycles. The zero-order valence-corrected chi connectivity index (χ0v) is 9.90. The molecule has 0 aromatic carbocycles. The van der Waals surface area contributed by atoms with Crippen LogP contribution in [0, 0.1) is 5.92 Å². The van der Waals surface area contributed by atoms with Crippen molar-refractivity contribution in [3.8, 4) is 0 Å². The minimum atomic E-state index is -0.943. The second-order valence-corrected chi connectivity index (χ2v) is 4.44. The summed E-state index contributed by atoms with van der Waals surface area (Å²) < 4.78 is 0. The van der Waals surface area contributed by atoms with Crippen molar-refractivity contribution < 1.29 is 14.7 Å². The van der Waals surface area contributed by atoms with Crippen LogP contribution >= 0.6 is 0 Å². The smallest absolute Gasteiger partial charge is 0.326 e. The van der Waals surface area contributed by atoms with Gasteiger partial charge in [0.25, 0.3) is 0 Å². The van der Waals surface area contributed by atoms with Gasteiger partial charge < -0.3 is 15.3 Å². The van der Waals surface area contributed by atoms with Gasteiger partial charge >= 0.3 is 5.97 Å². The highest BCUT2D eigenvalue weighted by Crippen LogP contribution is 2.14. The van der Waals surface area contributed by atoms with Crippen LogP contribution in [-0.2, 0) is 9.59 Å². The van der Waals surface area contributed by atoms with Gasteiger partial charge in [-0.3, -0.25) is 4.79 Å². The molecule has 5 heteroatoms. The molecular weight excluding hydrogens is 208 g/mol. The molecule has 0 saturated carbocycles. The van der Waals surface area contributed by atoms with E-state index in [0.29, 0.717) is 6.42 Å². The van der Waals surface area contributed by atoms with E-state index in [1.165, 1.54) is 0 Å². The summed E-state index contributed by atoms with van der Waals surface area (Å²) in [5.41, 5.74) is 0. The summed E-state index contributed by atoms with van der Waals surface area (Å²) in [5.74, 6) is -1.12. The molecule has 1 rings (SSSR count). The molecule has 0 spiro atoms. The average Bonchev–Trinajstić information content (AvgIpc) is 2.64. The first-order valence-corrected chi connectivity index (χ1v) is 5.76. The topological polar surface area (TPSA) is 69.6 Å². The van der Waals surface area contributed by atoms with E-state index in [2.05, 4.69) is 10.2 Å². The number of carbonyl (C=O) groups excluding carboxylic acids is 1. The minimum Gasteiger partial charge on any atom is -0.480 e. The third-order valence-electron chi connectivity index (χ3n) is 2.95. The first kappa shape index (κ1) is 13.0. The maximum atomic E-state index is 11.8. The molecule has 1 unspecified atom stereocenters. The molecule has 2 atom stereocenters. The van der Waals surface area contributed by atoms with Crippen molar-refractivity contribution >= 4 is 11.9 Å². The molecule has 0 aromatic rings. The van der Waals surface area contributed by atoms with Gasteiger partial charge in [0.1, 0.15) is 6.04 Å². The molecule has 1 aliphatic heterocycles. The van der Waals surface area contributed by atoms with Gasteiger partial charge in [-0.25, -0.2) is 4.79 Å². The lowest BCUT2D eigenvalue weighted by atomic mass is 10.1. The Bertz CT molecular complexity index is 268. The largest absolute Gasteiger partial charge is 0.480 e. The van der Waals surface area contributed by atoms with Crippen LogP contribution < -0.4 is 5.32 Å². The summed E-state index contributed by atoms with van der Waals surface area (Å²) in [4.78, 5) is 24.7. The van der Waals surface area contributed by atoms with Gasteiger partial charge in [-0.15, -0.1) is 0 Å². The van der Waals surface area contributed by atoms with E-state index >= 15 is 0 Å². The molecule has 1 saturated heterocycles. The van der Waals surface area contributed by atoms with E-state index in [-0.39, 0.29) is 11.8 Å². The summed E-state index contributed by atoms with van der Waals surface area (Å²) in [6, 6.07) is -0.733. The van der Waals surface area contributed by atoms with E-state index in [4.69, 9.17) is 5.11 Å². The third-order valence-corrected chi connectivity index (χ3v) is 2.95. The fourth-order valence-electron chi connectivity index (χ4n) is 1.98. The molecule has 0 aliphatic carbocycles. The van der Waals surface area contributed by atoms with Crippen LogP contribution in [0.2, 0.25) is 0 Å². The normalized spacial score (nSPS) is 23.0. The first-order valence-electron chi connectivity index (χ1n) is 5.76. The number of carbonyl (C=O) groups is 2. The standard InChI is InChI=1S/C11H20N2O3/c1-3-4-9(11(15)16)12-10(14)8-5-6-13(2)7-8/h8-9H,3-7H2,1-2H3,(H,12,14)(H,15,16)/t8?,9-/m0/s1. The van der Waals surface area contributed by atoms with Gasteiger partial charge in [0.05, 0.1) is 5.92 Å². The van der Waals surface area contributed by atoms with Crippen molar-refractivity contribution in [1.29, 1.82) is 0 Å². The number of nitrogens with zero attached hydrogens (tertiary/aromatic N) is 1. The average molecular weight is 228 g/mol. The fourth-order valence-corrected chi connectivity index (χ4v) is 1.98. The summed E-state index contributed by atoms with van der Waals surface area (Å²) in [6.07, 6.45) is 2.06. The molecule has 0 bridgehead atoms. The van der Waals surface area contributed by atoms with Crippen LogP contribution in [0.25, 0.3) is 0 Å². The minimum absolute atomic E-state index is 0.0521. The van der Waals surface area contributed by atoms with Gasteiger partial charge in [-0.05, 0) is 26.4 Å². The highest BCUT2D eigenvalue weighted by Gasteiger charge is 2.29. The van der Waals surface area contributed by atoms with E-state index < -0.39 is 12.0 Å². The van der Waals surface area contributed by atoms with Crippen LogP contribution in [0.3, 0.4) is 0 Å². The Labute approximate surface area is 95.8 Å². The quantitative estimate of drug-likeness (QED) is 0.710. The number of hydrogen-bond donors (Lipinski definition) is 2. The highest BCUT2D eigenvalue weighted by molar-refractivity contribution is 5.85. The van der Waals surface area contributed by atoms with Crippen molar-refractivity contribution in [2.45, 2.75) is 32.2 Å². The van der Waals surface area contributed by atoms with Crippen LogP contribution in [0.5, 0.6) is 0 Å². The molecule has 1 aliphatic rings. The highest BCUT2D eigenvalue weighted by atomic mass is 16.4. The van der Waals surface area contributed by atoms with Crippen LogP contribution in [0.4, 0.5) is 0 Å². The van der Waals surface area contributed by atoms with Gasteiger partial charge in [0, 0.05) is 6.54 Å². The zero-order chi connectivity index (χ0) is 12.1. The Morgan fingerprint density at radius 3 is 2.69 bits per heavy atom. The number of carboxylic acids is 1. The lowest BCUT2D eigenvalue weighted by Gasteiger charge is -2.16. The number of nitrogens with one attached hydrogen (secondary N) is 1. The van der Waals surface area contributed by atoms with Gasteiger partial charge in [0.15, 0.2) is 0 Å². The summed E-state index contributed by atoms with van der Waals surface area (Å²) >= 11 is 0. The number of carboxylic acid groups (broad SMARTS) is 1. The van der Waals surface area contributed by atoms with Gasteiger partial charge in [-0.1, -0.05) is 13.3 Å². The number of likely N-dealkylation sites (tertiary alicyclic amines) is 1. The lowest BCUT2D eigenvalue weighted by Crippen LogP contribution is -2.44. The fraction of sp³-hybridized carbons (Fsp3) is 0.818. The van der Waals surface area contributed by atoms with Crippen molar-refractivity contribution in [1.82, 2.24) is 10.2 Å². The summed E-state index contributed by atoms with van der Waals surface area (Å²) in [6.45, 7) is 3.54. The molecule has 1 fully saturated rings. The predicted molar refractivity (Wildman–Crippen MR) is 60.1 cm³/mol. The number of aliphatic carboxylic acids is 1. The van der Waals surface area contributed by atoms with Crippen LogP contribution in [-0.4, -0.2) is 48.1 Å². The molecular formula is C11H20N2O3. The lowest BCUT2D eigenvalue weighted by molar-refractivity contribution is -0.142. The van der Waals surface area contributed by atoms with Gasteiger partial charge in [-0.2, -0.15) is 0 Å². The van der Waals surface area contributed by atoms with Crippen LogP contribution in [0.1, 0.15) is 26.2 Å². The molecule has 92 valence electrons. The van der Waals surface area contributed by atoms with E-state index in [0.717, 1.165) is 25.9 Å². The Hall–Kier alpha value is -1.10. The van der Waals surface area contributed by atoms with Crippen molar-refractivity contribution in [3.63, 3.8) is 0 Å². The van der Waals surface area contributed by atoms with Crippen LogP contribution in [0.15, 0.2) is 0 Å². The zero-order valence-electron chi connectivity index (χ0n) is 9.90. The summed E-state index contributed by atoms with van der Waals surface area (Å²) in [7, 11) is 1.97. The van der Waals surface area contributed by atoms with Crippen molar-refractivity contribution in [2.24, 2.45) is 5.92 Å². The SMILES string of the molecule is CCC[C@H](NC(=O)C1CCN(C)C1)C(=O)O. The monoisotopic (exact) mass is 228 g/mol. The number of hydrogen-bond acceptors (Lipinski definition) is 3. The molecule has 16 heavy (non-hydrogen) atoms. The first-order chi connectivity index (χ1) is 7.54. The Kier molecular flexibility index (Phi) is 4.73. The second kappa shape index (κ2) is 5.84. The molecule has 2 N–H and O–H groups in total. The second-order valence-electron chi connectivity index (χ2n) is 4.44. The number of amides is 1. The number of rotatable bonds is 5. The third kappa shape index (κ3) is 3.48. The summed E-state index contributed by atoms with van der Waals surface area (Å²) in [5, 5.41) is 11.5. The van der Waals surface area contributed by atoms with Crippen molar-refractivity contribution in [2.75, 3.05) is 20.1 Å². The molecule has 0 radical (unpaired) electrons.